The van der Waals surface area contributed by atoms with Crippen LogP contribution in [-0.2, 0) is 19.6 Å². The van der Waals surface area contributed by atoms with E-state index in [1.807, 2.05) is 6.92 Å². The van der Waals surface area contributed by atoms with Crippen molar-refractivity contribution in [2.75, 3.05) is 38.2 Å². The molecule has 0 saturated carbocycles. The minimum atomic E-state index is -3.98. The number of carbonyl (C=O) groups excluding carboxylic acids is 1. The molecule has 2 aromatic carbocycles. The maximum Gasteiger partial charge on any atom is 0.264 e. The fraction of sp³-hybridized carbons (Fsp3) is 0.316. The summed E-state index contributed by atoms with van der Waals surface area (Å²) >= 11 is 3.31. The van der Waals surface area contributed by atoms with Crippen molar-refractivity contribution in [3.8, 4) is 5.75 Å². The summed E-state index contributed by atoms with van der Waals surface area (Å²) in [6.07, 6.45) is 0. The summed E-state index contributed by atoms with van der Waals surface area (Å²) in [4.78, 5) is 12.4. The van der Waals surface area contributed by atoms with E-state index >= 15 is 0 Å². The molecule has 0 saturated heterocycles. The molecule has 0 bridgehead atoms. The molecule has 0 heterocycles. The van der Waals surface area contributed by atoms with E-state index in [0.717, 1.165) is 9.87 Å². The second-order valence-corrected chi connectivity index (χ2v) is 8.70. The van der Waals surface area contributed by atoms with Crippen LogP contribution in [0.15, 0.2) is 51.8 Å². The van der Waals surface area contributed by atoms with Gasteiger partial charge in [0.2, 0.25) is 5.91 Å². The van der Waals surface area contributed by atoms with Crippen molar-refractivity contribution >= 4 is 37.5 Å². The number of carbonyl (C=O) groups is 1. The standard InChI is InChI=1S/C19H23BrN2O5S/c1-14-4-6-15(7-5-14)22(13-19(23)21-10-11-26-2)28(24,25)16-8-9-18(27-3)17(20)12-16/h4-9,12H,10-11,13H2,1-3H3,(H,21,23). The summed E-state index contributed by atoms with van der Waals surface area (Å²) in [7, 11) is -0.963. The third-order valence-electron chi connectivity index (χ3n) is 3.95. The molecule has 0 fully saturated rings. The van der Waals surface area contributed by atoms with E-state index in [1.54, 1.807) is 30.3 Å². The van der Waals surface area contributed by atoms with Crippen LogP contribution in [0.3, 0.4) is 0 Å². The Morgan fingerprint density at radius 1 is 1.14 bits per heavy atom. The van der Waals surface area contributed by atoms with Crippen LogP contribution in [0.1, 0.15) is 5.56 Å². The van der Waals surface area contributed by atoms with Crippen LogP contribution >= 0.6 is 15.9 Å². The van der Waals surface area contributed by atoms with Crippen molar-refractivity contribution < 1.29 is 22.7 Å². The van der Waals surface area contributed by atoms with Gasteiger partial charge in [0.05, 0.1) is 28.8 Å². The number of hydrogen-bond donors (Lipinski definition) is 1. The minimum Gasteiger partial charge on any atom is -0.496 e. The van der Waals surface area contributed by atoms with Gasteiger partial charge in [-0.05, 0) is 53.2 Å². The van der Waals surface area contributed by atoms with E-state index < -0.39 is 15.9 Å². The molecule has 0 aliphatic rings. The van der Waals surface area contributed by atoms with Crippen LogP contribution in [0, 0.1) is 6.92 Å². The number of aryl methyl sites for hydroxylation is 1. The van der Waals surface area contributed by atoms with Gasteiger partial charge in [-0.15, -0.1) is 0 Å². The van der Waals surface area contributed by atoms with Gasteiger partial charge in [0, 0.05) is 13.7 Å². The molecule has 2 rings (SSSR count). The lowest BCUT2D eigenvalue weighted by Crippen LogP contribution is -2.41. The Labute approximate surface area is 173 Å². The SMILES string of the molecule is COCCNC(=O)CN(c1ccc(C)cc1)S(=O)(=O)c1ccc(OC)c(Br)c1. The van der Waals surface area contributed by atoms with Gasteiger partial charge >= 0.3 is 0 Å². The first-order chi connectivity index (χ1) is 13.3. The second kappa shape index (κ2) is 9.90. The summed E-state index contributed by atoms with van der Waals surface area (Å²) in [5.41, 5.74) is 1.39. The Morgan fingerprint density at radius 3 is 2.39 bits per heavy atom. The lowest BCUT2D eigenvalue weighted by molar-refractivity contribution is -0.119. The molecule has 0 unspecified atom stereocenters. The maximum absolute atomic E-state index is 13.3. The zero-order valence-electron chi connectivity index (χ0n) is 15.9. The van der Waals surface area contributed by atoms with Crippen molar-refractivity contribution in [1.29, 1.82) is 0 Å². The quantitative estimate of drug-likeness (QED) is 0.569. The Bertz CT molecular complexity index is 916. The van der Waals surface area contributed by atoms with Crippen molar-refractivity contribution in [2.45, 2.75) is 11.8 Å². The molecule has 152 valence electrons. The molecule has 0 spiro atoms. The summed E-state index contributed by atoms with van der Waals surface area (Å²) < 4.78 is 38.2. The molecule has 1 amide bonds. The van der Waals surface area contributed by atoms with Gasteiger partial charge in [-0.25, -0.2) is 8.42 Å². The summed E-state index contributed by atoms with van der Waals surface area (Å²) in [5.74, 6) is 0.0897. The third kappa shape index (κ3) is 5.46. The average molecular weight is 471 g/mol. The first-order valence-corrected chi connectivity index (χ1v) is 10.7. The molecule has 0 aliphatic carbocycles. The van der Waals surface area contributed by atoms with E-state index in [0.29, 0.717) is 29.1 Å². The molecule has 0 aliphatic heterocycles. The highest BCUT2D eigenvalue weighted by Gasteiger charge is 2.27. The largest absolute Gasteiger partial charge is 0.496 e. The number of hydrogen-bond acceptors (Lipinski definition) is 5. The average Bonchev–Trinajstić information content (AvgIpc) is 2.67. The van der Waals surface area contributed by atoms with Gasteiger partial charge in [0.1, 0.15) is 12.3 Å². The zero-order chi connectivity index (χ0) is 20.7. The monoisotopic (exact) mass is 470 g/mol. The van der Waals surface area contributed by atoms with E-state index in [-0.39, 0.29) is 11.4 Å². The molecule has 7 nitrogen and oxygen atoms in total. The Hall–Kier alpha value is -2.10. The predicted octanol–water partition coefficient (Wildman–Crippen LogP) is 2.72. The Kier molecular flexibility index (Phi) is 7.85. The van der Waals surface area contributed by atoms with Gasteiger partial charge in [-0.1, -0.05) is 17.7 Å². The molecule has 28 heavy (non-hydrogen) atoms. The van der Waals surface area contributed by atoms with Crippen LogP contribution in [0.25, 0.3) is 0 Å². The van der Waals surface area contributed by atoms with Crippen molar-refractivity contribution in [2.24, 2.45) is 0 Å². The van der Waals surface area contributed by atoms with Gasteiger partial charge in [-0.3, -0.25) is 9.10 Å². The van der Waals surface area contributed by atoms with Crippen molar-refractivity contribution in [3.63, 3.8) is 0 Å². The van der Waals surface area contributed by atoms with Gasteiger partial charge in [0.25, 0.3) is 10.0 Å². The Morgan fingerprint density at radius 2 is 1.82 bits per heavy atom. The number of anilines is 1. The highest BCUT2D eigenvalue weighted by molar-refractivity contribution is 9.10. The highest BCUT2D eigenvalue weighted by Crippen LogP contribution is 2.30. The second-order valence-electron chi connectivity index (χ2n) is 5.99. The van der Waals surface area contributed by atoms with Crippen LogP contribution in [0.4, 0.5) is 5.69 Å². The number of methoxy groups -OCH3 is 2. The van der Waals surface area contributed by atoms with Crippen molar-refractivity contribution in [3.05, 3.63) is 52.5 Å². The number of rotatable bonds is 9. The minimum absolute atomic E-state index is 0.0467. The molecule has 1 N–H and O–H groups in total. The maximum atomic E-state index is 13.3. The zero-order valence-corrected chi connectivity index (χ0v) is 18.3. The number of benzene rings is 2. The van der Waals surface area contributed by atoms with E-state index in [1.165, 1.54) is 26.4 Å². The fourth-order valence-corrected chi connectivity index (χ4v) is 4.58. The molecule has 0 radical (unpaired) electrons. The van der Waals surface area contributed by atoms with Crippen molar-refractivity contribution in [1.82, 2.24) is 5.32 Å². The lowest BCUT2D eigenvalue weighted by atomic mass is 10.2. The summed E-state index contributed by atoms with van der Waals surface area (Å²) in [6.45, 7) is 2.19. The molecule has 2 aromatic rings. The number of amides is 1. The first-order valence-electron chi connectivity index (χ1n) is 8.48. The van der Waals surface area contributed by atoms with E-state index in [9.17, 15) is 13.2 Å². The summed E-state index contributed by atoms with van der Waals surface area (Å²) in [6, 6.07) is 11.4. The molecule has 9 heteroatoms. The van der Waals surface area contributed by atoms with Gasteiger partial charge in [0.15, 0.2) is 0 Å². The topological polar surface area (TPSA) is 84.9 Å². The van der Waals surface area contributed by atoms with Crippen LogP contribution in [0.2, 0.25) is 0 Å². The first kappa shape index (κ1) is 22.2. The molecular weight excluding hydrogens is 448 g/mol. The lowest BCUT2D eigenvalue weighted by Gasteiger charge is -2.24. The van der Waals surface area contributed by atoms with E-state index in [4.69, 9.17) is 9.47 Å². The molecule has 0 atom stereocenters. The van der Waals surface area contributed by atoms with Gasteiger partial charge < -0.3 is 14.8 Å². The number of nitrogens with one attached hydrogen (secondary N) is 1. The Balaban J connectivity index is 2.40. The van der Waals surface area contributed by atoms with E-state index in [2.05, 4.69) is 21.2 Å². The number of nitrogens with zero attached hydrogens (tertiary/aromatic N) is 1. The summed E-state index contributed by atoms with van der Waals surface area (Å²) in [5, 5.41) is 2.65. The fourth-order valence-electron chi connectivity index (χ4n) is 2.44. The highest BCUT2D eigenvalue weighted by atomic mass is 79.9. The molecular formula is C19H23BrN2O5S. The number of sulfonamides is 1. The normalized spacial score (nSPS) is 11.1. The smallest absolute Gasteiger partial charge is 0.264 e. The number of halogens is 1. The molecule has 0 aromatic heterocycles. The third-order valence-corrected chi connectivity index (χ3v) is 6.34. The number of ether oxygens (including phenoxy) is 2. The predicted molar refractivity (Wildman–Crippen MR) is 111 cm³/mol. The van der Waals surface area contributed by atoms with Crippen LogP contribution in [-0.4, -0.2) is 48.2 Å². The van der Waals surface area contributed by atoms with Crippen LogP contribution in [0.5, 0.6) is 5.75 Å². The van der Waals surface area contributed by atoms with Gasteiger partial charge in [-0.2, -0.15) is 0 Å². The van der Waals surface area contributed by atoms with Crippen LogP contribution < -0.4 is 14.4 Å².